The van der Waals surface area contributed by atoms with Gasteiger partial charge in [-0.25, -0.2) is 4.98 Å². The summed E-state index contributed by atoms with van der Waals surface area (Å²) >= 11 is 1.91. The molecule has 0 aliphatic rings. The van der Waals surface area contributed by atoms with Crippen LogP contribution >= 0.6 is 11.3 Å². The van der Waals surface area contributed by atoms with Crippen LogP contribution in [0.4, 0.5) is 0 Å². The van der Waals surface area contributed by atoms with Gasteiger partial charge in [0.05, 0.1) is 33.5 Å². The first kappa shape index (κ1) is 32.0. The Balaban J connectivity index is 1.17. The van der Waals surface area contributed by atoms with Crippen molar-refractivity contribution < 1.29 is 0 Å². The molecule has 4 heterocycles. The molecule has 3 nitrogen and oxygen atoms in total. The summed E-state index contributed by atoms with van der Waals surface area (Å²) in [5.41, 5.74) is 13.5. The third-order valence-corrected chi connectivity index (χ3v) is 12.7. The van der Waals surface area contributed by atoms with Crippen LogP contribution in [0.3, 0.4) is 0 Å². The van der Waals surface area contributed by atoms with Crippen molar-refractivity contribution in [3.63, 3.8) is 0 Å². The van der Waals surface area contributed by atoms with Crippen LogP contribution < -0.4 is 0 Å². The molecule has 0 N–H and O–H groups in total. The summed E-state index contributed by atoms with van der Waals surface area (Å²) < 4.78 is 7.65. The molecular weight excluding hydrogens is 711 g/mol. The Morgan fingerprint density at radius 3 is 1.44 bits per heavy atom. The number of hydrogen-bond donors (Lipinski definition) is 0. The summed E-state index contributed by atoms with van der Waals surface area (Å²) in [6.45, 7) is 0. The molecular formula is C53H33N3S. The summed E-state index contributed by atoms with van der Waals surface area (Å²) in [7, 11) is 0. The van der Waals surface area contributed by atoms with E-state index >= 15 is 0 Å². The average Bonchev–Trinajstić information content (AvgIpc) is 3.95. The molecule has 0 bridgehead atoms. The summed E-state index contributed by atoms with van der Waals surface area (Å²) in [6, 6.07) is 72.2. The number of thiophene rings is 1. The van der Waals surface area contributed by atoms with Gasteiger partial charge < -0.3 is 9.13 Å². The molecule has 12 rings (SSSR count). The molecule has 0 atom stereocenters. The molecule has 0 unspecified atom stereocenters. The predicted octanol–water partition coefficient (Wildman–Crippen LogP) is 14.6. The van der Waals surface area contributed by atoms with Crippen LogP contribution in [0, 0.1) is 0 Å². The van der Waals surface area contributed by atoms with E-state index in [1.807, 2.05) is 11.3 Å². The molecule has 266 valence electrons. The number of fused-ring (bicyclic) bond motifs is 12. The summed E-state index contributed by atoms with van der Waals surface area (Å²) in [6.07, 6.45) is 0. The number of para-hydroxylation sites is 3. The molecule has 0 aliphatic carbocycles. The average molecular weight is 744 g/mol. The minimum Gasteiger partial charge on any atom is -0.307 e. The molecule has 0 amide bonds. The van der Waals surface area contributed by atoms with Crippen LogP contribution in [0.15, 0.2) is 200 Å². The Morgan fingerprint density at radius 2 is 0.825 bits per heavy atom. The topological polar surface area (TPSA) is 22.8 Å². The first-order chi connectivity index (χ1) is 28.3. The number of rotatable bonds is 5. The monoisotopic (exact) mass is 743 g/mol. The zero-order valence-corrected chi connectivity index (χ0v) is 31.6. The van der Waals surface area contributed by atoms with Gasteiger partial charge in [-0.3, -0.25) is 0 Å². The van der Waals surface area contributed by atoms with Crippen molar-refractivity contribution in [2.45, 2.75) is 0 Å². The van der Waals surface area contributed by atoms with Crippen molar-refractivity contribution in [3.05, 3.63) is 200 Å². The van der Waals surface area contributed by atoms with Gasteiger partial charge in [0.15, 0.2) is 0 Å². The van der Waals surface area contributed by atoms with E-state index in [0.717, 1.165) is 45.0 Å². The van der Waals surface area contributed by atoms with E-state index in [1.54, 1.807) is 0 Å². The quantitative estimate of drug-likeness (QED) is 0.172. The molecule has 0 spiro atoms. The Labute approximate surface area is 333 Å². The Morgan fingerprint density at radius 1 is 0.351 bits per heavy atom. The fourth-order valence-corrected chi connectivity index (χ4v) is 10.3. The van der Waals surface area contributed by atoms with Crippen LogP contribution in [-0.2, 0) is 0 Å². The first-order valence-electron chi connectivity index (χ1n) is 19.4. The van der Waals surface area contributed by atoms with Crippen molar-refractivity contribution in [1.82, 2.24) is 14.1 Å². The van der Waals surface area contributed by atoms with E-state index < -0.39 is 0 Å². The lowest BCUT2D eigenvalue weighted by Gasteiger charge is -2.14. The molecule has 4 heteroatoms. The van der Waals surface area contributed by atoms with E-state index in [9.17, 15) is 0 Å². The standard InChI is InChI=1S/C53H33N3S/c1-4-16-35(17-5-1)43-32-37(33-44(54-43)36-18-6-2-7-19-36)34-28-30-39(31-29-34)56-46-26-14-11-23-41(46)50-52(56)51-48(49-42-24-12-15-27-47(42)57-53(49)50)40-22-10-13-25-45(40)55(51)38-20-8-3-9-21-38/h1-33H. The third kappa shape index (κ3) is 4.88. The molecule has 57 heavy (non-hydrogen) atoms. The molecule has 4 aromatic heterocycles. The summed E-state index contributed by atoms with van der Waals surface area (Å²) in [5.74, 6) is 0. The normalized spacial score (nSPS) is 11.9. The van der Waals surface area contributed by atoms with Crippen LogP contribution in [0.1, 0.15) is 0 Å². The zero-order valence-electron chi connectivity index (χ0n) is 30.8. The van der Waals surface area contributed by atoms with Gasteiger partial charge in [0.2, 0.25) is 0 Å². The lowest BCUT2D eigenvalue weighted by molar-refractivity contribution is 1.15. The first-order valence-corrected chi connectivity index (χ1v) is 20.2. The number of pyridine rings is 1. The fraction of sp³-hybridized carbons (Fsp3) is 0. The Bertz CT molecular complexity index is 3430. The lowest BCUT2D eigenvalue weighted by Crippen LogP contribution is -1.99. The Kier molecular flexibility index (Phi) is 7.10. The van der Waals surface area contributed by atoms with Crippen molar-refractivity contribution in [1.29, 1.82) is 0 Å². The SMILES string of the molecule is c1ccc(-c2cc(-c3ccc(-n4c5ccccc5c5c6sc7ccccc7c6c6c7ccccc7n(-c7ccccc7)c6c54)cc3)cc(-c3ccccc3)n2)cc1. The maximum absolute atomic E-state index is 5.14. The number of aromatic nitrogens is 3. The highest BCUT2D eigenvalue weighted by Gasteiger charge is 2.26. The van der Waals surface area contributed by atoms with E-state index in [1.165, 1.54) is 63.8 Å². The highest BCUT2D eigenvalue weighted by Crippen LogP contribution is 2.51. The van der Waals surface area contributed by atoms with Gasteiger partial charge in [0.1, 0.15) is 0 Å². The molecule has 8 aromatic carbocycles. The van der Waals surface area contributed by atoms with Crippen LogP contribution in [-0.4, -0.2) is 14.1 Å². The van der Waals surface area contributed by atoms with Gasteiger partial charge in [-0.2, -0.15) is 0 Å². The van der Waals surface area contributed by atoms with Gasteiger partial charge in [-0.05, 0) is 65.7 Å². The van der Waals surface area contributed by atoms with Crippen LogP contribution in [0.2, 0.25) is 0 Å². The smallest absolute Gasteiger partial charge is 0.0803 e. The van der Waals surface area contributed by atoms with E-state index in [4.69, 9.17) is 4.98 Å². The zero-order chi connectivity index (χ0) is 37.5. The maximum Gasteiger partial charge on any atom is 0.0803 e. The second-order valence-corrected chi connectivity index (χ2v) is 15.7. The third-order valence-electron chi connectivity index (χ3n) is 11.5. The van der Waals surface area contributed by atoms with Crippen molar-refractivity contribution in [3.8, 4) is 45.0 Å². The van der Waals surface area contributed by atoms with Crippen molar-refractivity contribution in [2.24, 2.45) is 0 Å². The predicted molar refractivity (Wildman–Crippen MR) is 242 cm³/mol. The second-order valence-electron chi connectivity index (χ2n) is 14.7. The molecule has 0 aliphatic heterocycles. The minimum absolute atomic E-state index is 0.960. The van der Waals surface area contributed by atoms with E-state index in [2.05, 4.69) is 209 Å². The van der Waals surface area contributed by atoms with Crippen molar-refractivity contribution in [2.75, 3.05) is 0 Å². The van der Waals surface area contributed by atoms with Gasteiger partial charge in [-0.1, -0.05) is 146 Å². The van der Waals surface area contributed by atoms with E-state index in [0.29, 0.717) is 0 Å². The van der Waals surface area contributed by atoms with Gasteiger partial charge in [-0.15, -0.1) is 11.3 Å². The molecule has 0 saturated heterocycles. The number of hydrogen-bond acceptors (Lipinski definition) is 2. The fourth-order valence-electron chi connectivity index (χ4n) is 9.01. The van der Waals surface area contributed by atoms with Crippen LogP contribution in [0.25, 0.3) is 109 Å². The second kappa shape index (κ2) is 12.6. The highest BCUT2D eigenvalue weighted by atomic mass is 32.1. The number of benzene rings is 8. The van der Waals surface area contributed by atoms with Gasteiger partial charge in [0.25, 0.3) is 0 Å². The van der Waals surface area contributed by atoms with Gasteiger partial charge in [0, 0.05) is 64.2 Å². The number of nitrogens with zero attached hydrogens (tertiary/aromatic N) is 3. The van der Waals surface area contributed by atoms with Crippen LogP contribution in [0.5, 0.6) is 0 Å². The van der Waals surface area contributed by atoms with Crippen molar-refractivity contribution >= 4 is 75.1 Å². The van der Waals surface area contributed by atoms with E-state index in [-0.39, 0.29) is 0 Å². The summed E-state index contributed by atoms with van der Waals surface area (Å²) in [5, 5.41) is 7.77. The summed E-state index contributed by atoms with van der Waals surface area (Å²) in [4.78, 5) is 5.14. The highest BCUT2D eigenvalue weighted by molar-refractivity contribution is 7.27. The molecule has 0 fully saturated rings. The van der Waals surface area contributed by atoms with Gasteiger partial charge >= 0.3 is 0 Å². The largest absolute Gasteiger partial charge is 0.307 e. The molecule has 0 radical (unpaired) electrons. The molecule has 0 saturated carbocycles. The minimum atomic E-state index is 0.960. The lowest BCUT2D eigenvalue weighted by atomic mass is 9.99. The maximum atomic E-state index is 5.14. The molecule has 12 aromatic rings. The Hall–Kier alpha value is -7.27.